The van der Waals surface area contributed by atoms with Crippen LogP contribution in [0, 0.1) is 0 Å². The van der Waals surface area contributed by atoms with Crippen molar-refractivity contribution in [3.63, 3.8) is 0 Å². The molecule has 0 bridgehead atoms. The van der Waals surface area contributed by atoms with Gasteiger partial charge < -0.3 is 4.90 Å². The standard InChI is InChI=1S/C18H18N4O2/c23-17(13-22-18(24)21-11-5-4-10-16(21)19-22)20-12-6-9-15(20)14-7-2-1-3-8-14/h1-5,7-8,10-11,15H,6,9,12-13H2. The molecule has 0 spiro atoms. The van der Waals surface area contributed by atoms with Gasteiger partial charge in [0.25, 0.3) is 0 Å². The molecule has 3 heterocycles. The third kappa shape index (κ3) is 2.50. The molecule has 1 aliphatic heterocycles. The van der Waals surface area contributed by atoms with Crippen LogP contribution in [0.25, 0.3) is 5.65 Å². The molecule has 6 heteroatoms. The van der Waals surface area contributed by atoms with E-state index >= 15 is 0 Å². The summed E-state index contributed by atoms with van der Waals surface area (Å²) < 4.78 is 2.70. The Labute approximate surface area is 138 Å². The number of benzene rings is 1. The van der Waals surface area contributed by atoms with E-state index in [0.717, 1.165) is 24.9 Å². The molecule has 0 saturated carbocycles. The summed E-state index contributed by atoms with van der Waals surface area (Å²) >= 11 is 0. The summed E-state index contributed by atoms with van der Waals surface area (Å²) in [6, 6.07) is 15.5. The van der Waals surface area contributed by atoms with Crippen LogP contribution in [0.3, 0.4) is 0 Å². The molecule has 1 aromatic carbocycles. The number of aromatic nitrogens is 3. The van der Waals surface area contributed by atoms with Gasteiger partial charge in [0, 0.05) is 12.7 Å². The van der Waals surface area contributed by atoms with E-state index in [1.54, 1.807) is 18.3 Å². The van der Waals surface area contributed by atoms with Crippen LogP contribution < -0.4 is 5.69 Å². The molecule has 1 saturated heterocycles. The third-order valence-electron chi connectivity index (χ3n) is 4.53. The van der Waals surface area contributed by atoms with Crippen LogP contribution in [0.1, 0.15) is 24.4 Å². The highest BCUT2D eigenvalue weighted by atomic mass is 16.2. The minimum atomic E-state index is -0.283. The normalized spacial score (nSPS) is 17.5. The van der Waals surface area contributed by atoms with Crippen molar-refractivity contribution in [1.29, 1.82) is 0 Å². The number of fused-ring (bicyclic) bond motifs is 1. The summed E-state index contributed by atoms with van der Waals surface area (Å²) in [6.45, 7) is 0.699. The van der Waals surface area contributed by atoms with E-state index in [1.807, 2.05) is 41.3 Å². The Morgan fingerprint density at radius 1 is 1.12 bits per heavy atom. The number of nitrogens with zero attached hydrogens (tertiary/aromatic N) is 4. The van der Waals surface area contributed by atoms with E-state index in [4.69, 9.17) is 0 Å². The first-order chi connectivity index (χ1) is 11.7. The number of hydrogen-bond acceptors (Lipinski definition) is 3. The van der Waals surface area contributed by atoms with E-state index in [0.29, 0.717) is 5.65 Å². The quantitative estimate of drug-likeness (QED) is 0.739. The second kappa shape index (κ2) is 5.96. The Kier molecular flexibility index (Phi) is 3.65. The zero-order valence-corrected chi connectivity index (χ0v) is 13.2. The predicted octanol–water partition coefficient (Wildman–Crippen LogP) is 1.86. The molecular formula is C18H18N4O2. The monoisotopic (exact) mass is 322 g/mol. The van der Waals surface area contributed by atoms with E-state index < -0.39 is 0 Å². The fourth-order valence-electron chi connectivity index (χ4n) is 3.38. The zero-order chi connectivity index (χ0) is 16.5. The van der Waals surface area contributed by atoms with Gasteiger partial charge in [0.05, 0.1) is 6.04 Å². The maximum absolute atomic E-state index is 12.7. The van der Waals surface area contributed by atoms with Gasteiger partial charge in [-0.1, -0.05) is 36.4 Å². The first-order valence-electron chi connectivity index (χ1n) is 8.12. The van der Waals surface area contributed by atoms with E-state index in [1.165, 1.54) is 9.08 Å². The van der Waals surface area contributed by atoms with Crippen molar-refractivity contribution in [1.82, 2.24) is 19.1 Å². The van der Waals surface area contributed by atoms with Crippen LogP contribution >= 0.6 is 0 Å². The molecule has 2 aromatic heterocycles. The summed E-state index contributed by atoms with van der Waals surface area (Å²) in [5, 5.41) is 4.24. The van der Waals surface area contributed by atoms with E-state index in [9.17, 15) is 9.59 Å². The molecule has 24 heavy (non-hydrogen) atoms. The first kappa shape index (κ1) is 14.7. The molecule has 4 rings (SSSR count). The minimum absolute atomic E-state index is 0.0240. The van der Waals surface area contributed by atoms with Crippen molar-refractivity contribution in [3.05, 3.63) is 70.8 Å². The SMILES string of the molecule is O=C(Cn1nc2ccccn2c1=O)N1CCCC1c1ccccc1. The summed E-state index contributed by atoms with van der Waals surface area (Å²) in [5.74, 6) is -0.0631. The van der Waals surface area contributed by atoms with Crippen LogP contribution in [-0.4, -0.2) is 31.5 Å². The van der Waals surface area contributed by atoms with Gasteiger partial charge in [-0.2, -0.15) is 0 Å². The fourth-order valence-corrected chi connectivity index (χ4v) is 3.38. The van der Waals surface area contributed by atoms with Crippen LogP contribution in [0.4, 0.5) is 0 Å². The van der Waals surface area contributed by atoms with E-state index in [2.05, 4.69) is 5.10 Å². The van der Waals surface area contributed by atoms with Crippen LogP contribution in [0.15, 0.2) is 59.5 Å². The lowest BCUT2D eigenvalue weighted by Crippen LogP contribution is -2.36. The van der Waals surface area contributed by atoms with Gasteiger partial charge in [-0.25, -0.2) is 9.48 Å². The fraction of sp³-hybridized carbons (Fsp3) is 0.278. The zero-order valence-electron chi connectivity index (χ0n) is 13.2. The molecule has 0 radical (unpaired) electrons. The van der Waals surface area contributed by atoms with Crippen LogP contribution in [0.2, 0.25) is 0 Å². The minimum Gasteiger partial charge on any atom is -0.334 e. The molecule has 1 unspecified atom stereocenters. The van der Waals surface area contributed by atoms with Crippen molar-refractivity contribution in [3.8, 4) is 0 Å². The molecule has 1 fully saturated rings. The number of carbonyl (C=O) groups excluding carboxylic acids is 1. The van der Waals surface area contributed by atoms with Gasteiger partial charge in [0.1, 0.15) is 6.54 Å². The van der Waals surface area contributed by atoms with Crippen molar-refractivity contribution in [2.75, 3.05) is 6.54 Å². The second-order valence-corrected chi connectivity index (χ2v) is 6.02. The number of likely N-dealkylation sites (tertiary alicyclic amines) is 1. The highest BCUT2D eigenvalue weighted by Gasteiger charge is 2.30. The van der Waals surface area contributed by atoms with Crippen molar-refractivity contribution >= 4 is 11.6 Å². The topological polar surface area (TPSA) is 59.6 Å². The third-order valence-corrected chi connectivity index (χ3v) is 4.53. The summed E-state index contributed by atoms with van der Waals surface area (Å²) in [4.78, 5) is 26.9. The molecule has 0 N–H and O–H groups in total. The largest absolute Gasteiger partial charge is 0.350 e. The number of amides is 1. The highest BCUT2D eigenvalue weighted by Crippen LogP contribution is 2.31. The Balaban J connectivity index is 1.59. The average Bonchev–Trinajstić information content (AvgIpc) is 3.22. The van der Waals surface area contributed by atoms with Crippen molar-refractivity contribution < 1.29 is 4.79 Å². The maximum atomic E-state index is 12.7. The van der Waals surface area contributed by atoms with E-state index in [-0.39, 0.29) is 24.2 Å². The Hall–Kier alpha value is -2.89. The first-order valence-corrected chi connectivity index (χ1v) is 8.12. The molecule has 6 nitrogen and oxygen atoms in total. The van der Waals surface area contributed by atoms with Crippen LogP contribution in [0.5, 0.6) is 0 Å². The lowest BCUT2D eigenvalue weighted by atomic mass is 10.0. The molecule has 1 amide bonds. The summed E-state index contributed by atoms with van der Waals surface area (Å²) in [7, 11) is 0. The lowest BCUT2D eigenvalue weighted by Gasteiger charge is -2.25. The van der Waals surface area contributed by atoms with Crippen LogP contribution in [-0.2, 0) is 11.3 Å². The summed E-state index contributed by atoms with van der Waals surface area (Å²) in [5.41, 5.74) is 1.41. The molecule has 1 atom stereocenters. The number of rotatable bonds is 3. The molecule has 122 valence electrons. The molecule has 1 aliphatic rings. The Morgan fingerprint density at radius 3 is 2.71 bits per heavy atom. The van der Waals surface area contributed by atoms with Crippen molar-refractivity contribution in [2.45, 2.75) is 25.4 Å². The maximum Gasteiger partial charge on any atom is 0.350 e. The average molecular weight is 322 g/mol. The number of pyridine rings is 1. The van der Waals surface area contributed by atoms with Gasteiger partial charge in [0.2, 0.25) is 5.91 Å². The number of hydrogen-bond donors (Lipinski definition) is 0. The van der Waals surface area contributed by atoms with Gasteiger partial charge in [-0.15, -0.1) is 5.10 Å². The lowest BCUT2D eigenvalue weighted by molar-refractivity contribution is -0.133. The van der Waals surface area contributed by atoms with Gasteiger partial charge in [-0.05, 0) is 30.5 Å². The Bertz CT molecular complexity index is 929. The number of carbonyl (C=O) groups is 1. The highest BCUT2D eigenvalue weighted by molar-refractivity contribution is 5.76. The van der Waals surface area contributed by atoms with Gasteiger partial charge in [-0.3, -0.25) is 9.20 Å². The van der Waals surface area contributed by atoms with Crippen molar-refractivity contribution in [2.24, 2.45) is 0 Å². The Morgan fingerprint density at radius 2 is 1.92 bits per heavy atom. The van der Waals surface area contributed by atoms with Gasteiger partial charge >= 0.3 is 5.69 Å². The van der Waals surface area contributed by atoms with Gasteiger partial charge in [0.15, 0.2) is 5.65 Å². The predicted molar refractivity (Wildman–Crippen MR) is 89.6 cm³/mol. The summed E-state index contributed by atoms with van der Waals surface area (Å²) in [6.07, 6.45) is 3.59. The molecular weight excluding hydrogens is 304 g/mol. The molecule has 0 aliphatic carbocycles. The second-order valence-electron chi connectivity index (χ2n) is 6.02. The smallest absolute Gasteiger partial charge is 0.334 e. The molecule has 3 aromatic rings.